The molecule has 0 aliphatic carbocycles. The van der Waals surface area contributed by atoms with E-state index in [1.165, 1.54) is 11.3 Å². The largest absolute Gasteiger partial charge is 0.348 e. The van der Waals surface area contributed by atoms with Crippen LogP contribution in [0, 0.1) is 18.8 Å². The van der Waals surface area contributed by atoms with Gasteiger partial charge in [0, 0.05) is 13.1 Å². The molecule has 1 rings (SSSR count). The van der Waals surface area contributed by atoms with Crippen molar-refractivity contribution < 1.29 is 4.79 Å². The van der Waals surface area contributed by atoms with Gasteiger partial charge < -0.3 is 4.90 Å². The Labute approximate surface area is 121 Å². The third kappa shape index (κ3) is 5.31. The zero-order valence-electron chi connectivity index (χ0n) is 12.8. The van der Waals surface area contributed by atoms with Crippen molar-refractivity contribution in [3.8, 4) is 0 Å². The normalized spacial score (nSPS) is 11.3. The summed E-state index contributed by atoms with van der Waals surface area (Å²) < 4.78 is 0. The average Bonchev–Trinajstić information content (AvgIpc) is 2.69. The van der Waals surface area contributed by atoms with E-state index in [0.717, 1.165) is 47.9 Å². The molecule has 0 fully saturated rings. The highest BCUT2D eigenvalue weighted by Gasteiger charge is 2.14. The van der Waals surface area contributed by atoms with E-state index >= 15 is 0 Å². The van der Waals surface area contributed by atoms with Gasteiger partial charge in [0.15, 0.2) is 11.4 Å². The first-order valence-electron chi connectivity index (χ1n) is 7.11. The fourth-order valence-corrected chi connectivity index (χ4v) is 2.70. The number of carbonyl (C=O) groups is 1. The van der Waals surface area contributed by atoms with Crippen LogP contribution in [0.15, 0.2) is 0 Å². The molecule has 108 valence electrons. The summed E-state index contributed by atoms with van der Waals surface area (Å²) in [5, 5.41) is 1.00. The molecule has 0 saturated heterocycles. The van der Waals surface area contributed by atoms with Gasteiger partial charge in [0.05, 0.1) is 10.6 Å². The van der Waals surface area contributed by atoms with Gasteiger partial charge in [-0.15, -0.1) is 0 Å². The summed E-state index contributed by atoms with van der Waals surface area (Å²) in [4.78, 5) is 18.6. The number of carbonyl (C=O) groups excluding carboxylic acids is 1. The molecule has 1 heterocycles. The molecule has 19 heavy (non-hydrogen) atoms. The standard InChI is InChI=1S/C15H26N2OS/c1-11(2)6-8-17(9-7-12(3)4)15-16-13(5)14(10-18)19-15/h10-12H,6-9H2,1-5H3. The number of rotatable bonds is 8. The molecule has 0 saturated carbocycles. The first-order valence-corrected chi connectivity index (χ1v) is 7.93. The SMILES string of the molecule is Cc1nc(N(CCC(C)C)CCC(C)C)sc1C=O. The maximum absolute atomic E-state index is 10.9. The Kier molecular flexibility index (Phi) is 6.49. The van der Waals surface area contributed by atoms with Gasteiger partial charge in [-0.3, -0.25) is 4.79 Å². The summed E-state index contributed by atoms with van der Waals surface area (Å²) in [7, 11) is 0. The van der Waals surface area contributed by atoms with Crippen molar-refractivity contribution >= 4 is 22.8 Å². The summed E-state index contributed by atoms with van der Waals surface area (Å²) in [5.74, 6) is 1.38. The van der Waals surface area contributed by atoms with E-state index in [1.54, 1.807) is 0 Å². The van der Waals surface area contributed by atoms with Crippen molar-refractivity contribution in [3.63, 3.8) is 0 Å². The number of nitrogens with zero attached hydrogens (tertiary/aromatic N) is 2. The monoisotopic (exact) mass is 282 g/mol. The number of thiazole rings is 1. The van der Waals surface area contributed by atoms with Gasteiger partial charge in [-0.1, -0.05) is 39.0 Å². The highest BCUT2D eigenvalue weighted by Crippen LogP contribution is 2.26. The summed E-state index contributed by atoms with van der Waals surface area (Å²) >= 11 is 1.52. The van der Waals surface area contributed by atoms with Crippen LogP contribution in [0.2, 0.25) is 0 Å². The second kappa shape index (κ2) is 7.63. The molecule has 4 heteroatoms. The molecule has 0 unspecified atom stereocenters. The van der Waals surface area contributed by atoms with Gasteiger partial charge in [-0.25, -0.2) is 4.98 Å². The van der Waals surface area contributed by atoms with E-state index in [4.69, 9.17) is 0 Å². The van der Waals surface area contributed by atoms with Gasteiger partial charge >= 0.3 is 0 Å². The molecule has 1 aromatic heterocycles. The predicted octanol–water partition coefficient (Wildman–Crippen LogP) is 4.16. The molecule has 0 aliphatic heterocycles. The van der Waals surface area contributed by atoms with Crippen LogP contribution in [0.4, 0.5) is 5.13 Å². The predicted molar refractivity (Wildman–Crippen MR) is 83.4 cm³/mol. The van der Waals surface area contributed by atoms with Crippen molar-refractivity contribution in [2.45, 2.75) is 47.5 Å². The van der Waals surface area contributed by atoms with Crippen LogP contribution in [-0.4, -0.2) is 24.4 Å². The summed E-state index contributed by atoms with van der Waals surface area (Å²) in [6.07, 6.45) is 3.24. The van der Waals surface area contributed by atoms with Gasteiger partial charge in [-0.05, 0) is 31.6 Å². The Morgan fingerprint density at radius 3 is 2.05 bits per heavy atom. The Morgan fingerprint density at radius 2 is 1.68 bits per heavy atom. The molecule has 0 amide bonds. The van der Waals surface area contributed by atoms with Crippen LogP contribution in [0.3, 0.4) is 0 Å². The van der Waals surface area contributed by atoms with E-state index in [1.807, 2.05) is 6.92 Å². The fourth-order valence-electron chi connectivity index (χ4n) is 1.77. The number of aryl methyl sites for hydroxylation is 1. The van der Waals surface area contributed by atoms with Gasteiger partial charge in [0.2, 0.25) is 0 Å². The number of aldehydes is 1. The number of hydrogen-bond donors (Lipinski definition) is 0. The molecule has 0 aliphatic rings. The third-order valence-electron chi connectivity index (χ3n) is 3.15. The van der Waals surface area contributed by atoms with Crippen LogP contribution in [-0.2, 0) is 0 Å². The van der Waals surface area contributed by atoms with Crippen molar-refractivity contribution in [2.75, 3.05) is 18.0 Å². The van der Waals surface area contributed by atoms with E-state index in [0.29, 0.717) is 11.8 Å². The van der Waals surface area contributed by atoms with Crippen molar-refractivity contribution in [3.05, 3.63) is 10.6 Å². The quantitative estimate of drug-likeness (QED) is 0.671. The lowest BCUT2D eigenvalue weighted by Crippen LogP contribution is -2.27. The zero-order valence-corrected chi connectivity index (χ0v) is 13.6. The average molecular weight is 282 g/mol. The zero-order chi connectivity index (χ0) is 14.4. The van der Waals surface area contributed by atoms with Crippen LogP contribution in [0.1, 0.15) is 55.9 Å². The summed E-state index contributed by atoms with van der Waals surface area (Å²) in [5.41, 5.74) is 0.856. The Morgan fingerprint density at radius 1 is 1.16 bits per heavy atom. The van der Waals surface area contributed by atoms with Crippen LogP contribution in [0.5, 0.6) is 0 Å². The lowest BCUT2D eigenvalue weighted by molar-refractivity contribution is 0.112. The Balaban J connectivity index is 2.77. The molecule has 0 bridgehead atoms. The molecule has 0 aromatic carbocycles. The number of hydrogen-bond acceptors (Lipinski definition) is 4. The first-order chi connectivity index (χ1) is 8.93. The highest BCUT2D eigenvalue weighted by atomic mass is 32.1. The highest BCUT2D eigenvalue weighted by molar-refractivity contribution is 7.17. The van der Waals surface area contributed by atoms with E-state index in [9.17, 15) is 4.79 Å². The molecule has 0 spiro atoms. The minimum Gasteiger partial charge on any atom is -0.348 e. The van der Waals surface area contributed by atoms with Crippen LogP contribution >= 0.6 is 11.3 Å². The van der Waals surface area contributed by atoms with Gasteiger partial charge in [-0.2, -0.15) is 0 Å². The fraction of sp³-hybridized carbons (Fsp3) is 0.733. The minimum atomic E-state index is 0.688. The van der Waals surface area contributed by atoms with E-state index in [2.05, 4.69) is 37.6 Å². The minimum absolute atomic E-state index is 0.688. The summed E-state index contributed by atoms with van der Waals surface area (Å²) in [6.45, 7) is 12.9. The molecule has 3 nitrogen and oxygen atoms in total. The molecule has 1 aromatic rings. The summed E-state index contributed by atoms with van der Waals surface area (Å²) in [6, 6.07) is 0. The van der Waals surface area contributed by atoms with E-state index < -0.39 is 0 Å². The number of aromatic nitrogens is 1. The molecule has 0 radical (unpaired) electrons. The van der Waals surface area contributed by atoms with Gasteiger partial charge in [0.1, 0.15) is 0 Å². The van der Waals surface area contributed by atoms with E-state index in [-0.39, 0.29) is 0 Å². The van der Waals surface area contributed by atoms with Gasteiger partial charge in [0.25, 0.3) is 0 Å². The topological polar surface area (TPSA) is 33.2 Å². The second-order valence-corrected chi connectivity index (χ2v) is 6.93. The molecule has 0 atom stereocenters. The maximum atomic E-state index is 10.9. The maximum Gasteiger partial charge on any atom is 0.186 e. The van der Waals surface area contributed by atoms with Crippen LogP contribution in [0.25, 0.3) is 0 Å². The first kappa shape index (κ1) is 16.2. The lowest BCUT2D eigenvalue weighted by atomic mass is 10.1. The van der Waals surface area contributed by atoms with Crippen molar-refractivity contribution in [1.29, 1.82) is 0 Å². The Hall–Kier alpha value is -0.900. The van der Waals surface area contributed by atoms with Crippen molar-refractivity contribution in [1.82, 2.24) is 4.98 Å². The molecular formula is C15H26N2OS. The Bertz CT molecular complexity index is 387. The molecular weight excluding hydrogens is 256 g/mol. The molecule has 0 N–H and O–H groups in total. The second-order valence-electron chi connectivity index (χ2n) is 5.92. The smallest absolute Gasteiger partial charge is 0.186 e. The number of anilines is 1. The third-order valence-corrected chi connectivity index (χ3v) is 4.30. The lowest BCUT2D eigenvalue weighted by Gasteiger charge is -2.23. The van der Waals surface area contributed by atoms with Crippen LogP contribution < -0.4 is 4.90 Å². The van der Waals surface area contributed by atoms with Crippen molar-refractivity contribution in [2.24, 2.45) is 11.8 Å².